The number of benzene rings is 2. The summed E-state index contributed by atoms with van der Waals surface area (Å²) < 4.78 is 6.25. The molecule has 0 heterocycles. The summed E-state index contributed by atoms with van der Waals surface area (Å²) in [5.41, 5.74) is 4.37. The van der Waals surface area contributed by atoms with Crippen molar-refractivity contribution >= 4 is 0 Å². The Morgan fingerprint density at radius 2 is 1.48 bits per heavy atom. The summed E-state index contributed by atoms with van der Waals surface area (Å²) in [6, 6.07) is 17.6. The first kappa shape index (κ1) is 19.2. The van der Waals surface area contributed by atoms with Crippen molar-refractivity contribution in [3.63, 3.8) is 0 Å². The second-order valence-electron chi connectivity index (χ2n) is 10.2. The minimum absolute atomic E-state index is 0.547. The highest BCUT2D eigenvalue weighted by molar-refractivity contribution is 5.34. The lowest BCUT2D eigenvalue weighted by molar-refractivity contribution is -0.0706. The maximum absolute atomic E-state index is 6.25. The van der Waals surface area contributed by atoms with E-state index in [1.54, 1.807) is 0 Å². The monoisotopic (exact) mass is 389 g/mol. The molecule has 4 fully saturated rings. The van der Waals surface area contributed by atoms with Gasteiger partial charge in [-0.2, -0.15) is 0 Å². The van der Waals surface area contributed by atoms with Gasteiger partial charge >= 0.3 is 0 Å². The van der Waals surface area contributed by atoms with Gasteiger partial charge in [-0.1, -0.05) is 42.5 Å². The maximum atomic E-state index is 6.25. The first-order chi connectivity index (χ1) is 14.1. The molecule has 2 aromatic rings. The lowest BCUT2D eigenvalue weighted by Gasteiger charge is -2.59. The summed E-state index contributed by atoms with van der Waals surface area (Å²) in [5, 5.41) is 3.93. The molecule has 0 amide bonds. The molecule has 1 atom stereocenters. The third-order valence-corrected chi connectivity index (χ3v) is 8.22. The van der Waals surface area contributed by atoms with Crippen LogP contribution >= 0.6 is 0 Å². The average Bonchev–Trinajstić information content (AvgIpc) is 2.71. The number of para-hydroxylation sites is 1. The summed E-state index contributed by atoms with van der Waals surface area (Å²) in [7, 11) is 0. The number of rotatable bonds is 7. The third kappa shape index (κ3) is 3.84. The van der Waals surface area contributed by atoms with Crippen LogP contribution in [-0.4, -0.2) is 6.04 Å². The fourth-order valence-corrected chi connectivity index (χ4v) is 6.91. The molecule has 4 aliphatic rings. The summed E-state index contributed by atoms with van der Waals surface area (Å²) in [5.74, 6) is 4.04. The Balaban J connectivity index is 1.24. The summed E-state index contributed by atoms with van der Waals surface area (Å²) in [6.07, 6.45) is 8.92. The van der Waals surface area contributed by atoms with Crippen molar-refractivity contribution in [2.24, 2.45) is 23.2 Å². The van der Waals surface area contributed by atoms with Gasteiger partial charge in [0.15, 0.2) is 0 Å². The Hall–Kier alpha value is -1.80. The topological polar surface area (TPSA) is 21.3 Å². The highest BCUT2D eigenvalue weighted by Crippen LogP contribution is 2.61. The van der Waals surface area contributed by atoms with Gasteiger partial charge in [-0.3, -0.25) is 0 Å². The van der Waals surface area contributed by atoms with Crippen molar-refractivity contribution in [3.8, 4) is 5.75 Å². The van der Waals surface area contributed by atoms with Crippen molar-refractivity contribution in [3.05, 3.63) is 65.2 Å². The van der Waals surface area contributed by atoms with Crippen LogP contribution in [0.2, 0.25) is 0 Å². The van der Waals surface area contributed by atoms with Gasteiger partial charge in [0.25, 0.3) is 0 Å². The summed E-state index contributed by atoms with van der Waals surface area (Å²) >= 11 is 0. The molecule has 0 aromatic heterocycles. The molecule has 1 N–H and O–H groups in total. The van der Waals surface area contributed by atoms with Crippen molar-refractivity contribution in [1.29, 1.82) is 0 Å². The zero-order valence-electron chi connectivity index (χ0n) is 18.0. The molecule has 154 valence electrons. The van der Waals surface area contributed by atoms with Gasteiger partial charge in [0, 0.05) is 18.2 Å². The molecule has 0 saturated heterocycles. The molecular weight excluding hydrogens is 354 g/mol. The predicted octanol–water partition coefficient (Wildman–Crippen LogP) is 6.27. The number of hydrogen-bond acceptors (Lipinski definition) is 2. The minimum Gasteiger partial charge on any atom is -0.489 e. The zero-order chi connectivity index (χ0) is 19.8. The molecule has 1 unspecified atom stereocenters. The van der Waals surface area contributed by atoms with E-state index in [0.717, 1.165) is 30.0 Å². The second-order valence-corrected chi connectivity index (χ2v) is 10.2. The zero-order valence-corrected chi connectivity index (χ0v) is 18.0. The van der Waals surface area contributed by atoms with E-state index in [1.165, 1.54) is 55.2 Å². The molecule has 29 heavy (non-hydrogen) atoms. The molecular formula is C27H35NO. The average molecular weight is 390 g/mol. The number of nitrogens with one attached hydrogen (secondary N) is 1. The fraction of sp³-hybridized carbons (Fsp3) is 0.556. The molecule has 2 nitrogen and oxygen atoms in total. The predicted molar refractivity (Wildman–Crippen MR) is 119 cm³/mol. The highest BCUT2D eigenvalue weighted by Gasteiger charge is 2.52. The lowest BCUT2D eigenvalue weighted by atomic mass is 9.48. The minimum atomic E-state index is 0.547. The van der Waals surface area contributed by atoms with Crippen molar-refractivity contribution < 1.29 is 4.74 Å². The van der Waals surface area contributed by atoms with E-state index >= 15 is 0 Å². The van der Waals surface area contributed by atoms with E-state index in [9.17, 15) is 0 Å². The molecule has 4 aliphatic carbocycles. The van der Waals surface area contributed by atoms with Crippen molar-refractivity contribution in [2.75, 3.05) is 0 Å². The standard InChI is InChI=1S/C27H35NO/c1-19-7-3-4-9-25(19)18-29-26-10-6-5-8-24(26)17-28-20(2)27-14-21-11-22(15-27)13-23(12-21)16-27/h3-10,20-23,28H,11-18H2,1-2H3. The molecule has 6 rings (SSSR count). The molecule has 4 saturated carbocycles. The van der Waals surface area contributed by atoms with E-state index in [-0.39, 0.29) is 0 Å². The number of hydrogen-bond donors (Lipinski definition) is 1. The first-order valence-electron chi connectivity index (χ1n) is 11.6. The fourth-order valence-electron chi connectivity index (χ4n) is 6.91. The van der Waals surface area contributed by atoms with Crippen LogP contribution in [0.1, 0.15) is 62.1 Å². The van der Waals surface area contributed by atoms with Crippen LogP contribution in [0.3, 0.4) is 0 Å². The molecule has 4 bridgehead atoms. The van der Waals surface area contributed by atoms with Crippen molar-refractivity contribution in [2.45, 2.75) is 71.6 Å². The van der Waals surface area contributed by atoms with Crippen LogP contribution in [0.4, 0.5) is 0 Å². The SMILES string of the molecule is Cc1ccccc1COc1ccccc1CNC(C)C12CC3CC(CC(C3)C1)C2. The Kier molecular flexibility index (Phi) is 5.16. The van der Waals surface area contributed by atoms with E-state index in [1.807, 2.05) is 0 Å². The second kappa shape index (κ2) is 7.80. The largest absolute Gasteiger partial charge is 0.489 e. The maximum Gasteiger partial charge on any atom is 0.124 e. The van der Waals surface area contributed by atoms with E-state index in [2.05, 4.69) is 67.7 Å². The van der Waals surface area contributed by atoms with Crippen LogP contribution in [0.25, 0.3) is 0 Å². The van der Waals surface area contributed by atoms with Crippen molar-refractivity contribution in [1.82, 2.24) is 5.32 Å². The van der Waals surface area contributed by atoms with Crippen LogP contribution in [0, 0.1) is 30.1 Å². The Labute approximate surface area is 176 Å². The number of ether oxygens (including phenoxy) is 1. The van der Waals surface area contributed by atoms with Gasteiger partial charge in [-0.25, -0.2) is 0 Å². The highest BCUT2D eigenvalue weighted by atomic mass is 16.5. The molecule has 0 radical (unpaired) electrons. The van der Waals surface area contributed by atoms with Gasteiger partial charge in [0.2, 0.25) is 0 Å². The van der Waals surface area contributed by atoms with E-state index in [4.69, 9.17) is 4.74 Å². The van der Waals surface area contributed by atoms with Gasteiger partial charge in [-0.15, -0.1) is 0 Å². The third-order valence-electron chi connectivity index (χ3n) is 8.22. The Morgan fingerprint density at radius 1 is 0.897 bits per heavy atom. The first-order valence-corrected chi connectivity index (χ1v) is 11.6. The molecule has 2 aromatic carbocycles. The molecule has 0 aliphatic heterocycles. The molecule has 2 heteroatoms. The quantitative estimate of drug-likeness (QED) is 0.603. The lowest BCUT2D eigenvalue weighted by Crippen LogP contribution is -2.54. The van der Waals surface area contributed by atoms with Gasteiger partial charge < -0.3 is 10.1 Å². The van der Waals surface area contributed by atoms with E-state index in [0.29, 0.717) is 18.1 Å². The van der Waals surface area contributed by atoms with Crippen LogP contribution < -0.4 is 10.1 Å². The Bertz CT molecular complexity index is 822. The van der Waals surface area contributed by atoms with Gasteiger partial charge in [-0.05, 0) is 92.7 Å². The molecule has 0 spiro atoms. The summed E-state index contributed by atoms with van der Waals surface area (Å²) in [4.78, 5) is 0. The Morgan fingerprint density at radius 3 is 2.14 bits per heavy atom. The van der Waals surface area contributed by atoms with Crippen LogP contribution in [0.15, 0.2) is 48.5 Å². The van der Waals surface area contributed by atoms with Crippen LogP contribution in [0.5, 0.6) is 5.75 Å². The van der Waals surface area contributed by atoms with Crippen LogP contribution in [-0.2, 0) is 13.2 Å². The number of aryl methyl sites for hydroxylation is 1. The normalized spacial score (nSPS) is 31.0. The van der Waals surface area contributed by atoms with Gasteiger partial charge in [0.1, 0.15) is 12.4 Å². The van der Waals surface area contributed by atoms with Gasteiger partial charge in [0.05, 0.1) is 0 Å². The summed E-state index contributed by atoms with van der Waals surface area (Å²) in [6.45, 7) is 6.13. The van der Waals surface area contributed by atoms with E-state index < -0.39 is 0 Å². The smallest absolute Gasteiger partial charge is 0.124 e.